The van der Waals surface area contributed by atoms with E-state index in [4.69, 9.17) is 0 Å². The third kappa shape index (κ3) is 2.84. The monoisotopic (exact) mass is 300 g/mol. The van der Waals surface area contributed by atoms with Gasteiger partial charge in [0.25, 0.3) is 0 Å². The van der Waals surface area contributed by atoms with Gasteiger partial charge < -0.3 is 4.98 Å². The van der Waals surface area contributed by atoms with Crippen LogP contribution in [-0.2, 0) is 16.6 Å². The summed E-state index contributed by atoms with van der Waals surface area (Å²) in [6, 6.07) is 14.6. The maximum Gasteiger partial charge on any atom is 0.240 e. The maximum absolute atomic E-state index is 12.3. The van der Waals surface area contributed by atoms with Crippen LogP contribution in [0.5, 0.6) is 0 Å². The quantitative estimate of drug-likeness (QED) is 0.778. The summed E-state index contributed by atoms with van der Waals surface area (Å²) in [5.74, 6) is 0. The number of aromatic amines is 1. The molecule has 1 heterocycles. The van der Waals surface area contributed by atoms with Crippen molar-refractivity contribution in [1.29, 1.82) is 0 Å². The summed E-state index contributed by atoms with van der Waals surface area (Å²) in [6.45, 7) is 2.19. The first-order valence-electron chi connectivity index (χ1n) is 6.67. The van der Waals surface area contributed by atoms with Crippen molar-refractivity contribution in [2.24, 2.45) is 0 Å². The molecule has 0 bridgehead atoms. The van der Waals surface area contributed by atoms with Gasteiger partial charge in [-0.2, -0.15) is 0 Å². The van der Waals surface area contributed by atoms with Crippen LogP contribution >= 0.6 is 0 Å². The molecule has 0 saturated carbocycles. The first kappa shape index (κ1) is 13.9. The molecule has 5 heteroatoms. The molecule has 0 atom stereocenters. The number of aromatic nitrogens is 1. The van der Waals surface area contributed by atoms with E-state index in [0.717, 1.165) is 22.0 Å². The van der Waals surface area contributed by atoms with E-state index in [0.29, 0.717) is 0 Å². The maximum atomic E-state index is 12.3. The number of H-pyrrole nitrogens is 1. The van der Waals surface area contributed by atoms with Crippen molar-refractivity contribution in [2.45, 2.75) is 18.4 Å². The van der Waals surface area contributed by atoms with E-state index in [1.54, 1.807) is 24.3 Å². The SMILES string of the molecule is Cc1ccc(S(=O)(=O)NCc2c[nH]c3ccccc23)cc1. The highest BCUT2D eigenvalue weighted by molar-refractivity contribution is 7.89. The molecule has 0 saturated heterocycles. The van der Waals surface area contributed by atoms with Gasteiger partial charge in [-0.15, -0.1) is 0 Å². The van der Waals surface area contributed by atoms with Gasteiger partial charge in [-0.1, -0.05) is 35.9 Å². The van der Waals surface area contributed by atoms with Crippen molar-refractivity contribution in [3.05, 3.63) is 65.9 Å². The van der Waals surface area contributed by atoms with Gasteiger partial charge in [-0.3, -0.25) is 0 Å². The molecular formula is C16H16N2O2S. The molecule has 0 radical (unpaired) electrons. The molecule has 0 aliphatic carbocycles. The Hall–Kier alpha value is -2.11. The summed E-state index contributed by atoms with van der Waals surface area (Å²) in [5, 5.41) is 1.03. The molecule has 0 aliphatic rings. The average molecular weight is 300 g/mol. The molecule has 4 nitrogen and oxygen atoms in total. The lowest BCUT2D eigenvalue weighted by molar-refractivity contribution is 0.581. The lowest BCUT2D eigenvalue weighted by Gasteiger charge is -2.06. The minimum absolute atomic E-state index is 0.264. The summed E-state index contributed by atoms with van der Waals surface area (Å²) in [5.41, 5.74) is 2.97. The number of para-hydroxylation sites is 1. The zero-order valence-electron chi connectivity index (χ0n) is 11.6. The van der Waals surface area contributed by atoms with Crippen molar-refractivity contribution in [1.82, 2.24) is 9.71 Å². The molecule has 1 aromatic heterocycles. The minimum Gasteiger partial charge on any atom is -0.361 e. The van der Waals surface area contributed by atoms with Crippen LogP contribution in [0.4, 0.5) is 0 Å². The van der Waals surface area contributed by atoms with Crippen LogP contribution in [0.25, 0.3) is 10.9 Å². The van der Waals surface area contributed by atoms with Crippen molar-refractivity contribution < 1.29 is 8.42 Å². The lowest BCUT2D eigenvalue weighted by atomic mass is 10.2. The predicted molar refractivity (Wildman–Crippen MR) is 83.5 cm³/mol. The number of nitrogens with one attached hydrogen (secondary N) is 2. The van der Waals surface area contributed by atoms with E-state index in [9.17, 15) is 8.42 Å². The van der Waals surface area contributed by atoms with Crippen molar-refractivity contribution in [3.63, 3.8) is 0 Å². The Bertz CT molecular complexity index is 865. The first-order valence-corrected chi connectivity index (χ1v) is 8.16. The fourth-order valence-electron chi connectivity index (χ4n) is 2.25. The van der Waals surface area contributed by atoms with Gasteiger partial charge in [0.2, 0.25) is 10.0 Å². The van der Waals surface area contributed by atoms with Crippen molar-refractivity contribution >= 4 is 20.9 Å². The Kier molecular flexibility index (Phi) is 3.53. The summed E-state index contributed by atoms with van der Waals surface area (Å²) in [4.78, 5) is 3.42. The Morgan fingerprint density at radius 3 is 2.52 bits per heavy atom. The third-order valence-electron chi connectivity index (χ3n) is 3.46. The van der Waals surface area contributed by atoms with Crippen LogP contribution in [0, 0.1) is 6.92 Å². The van der Waals surface area contributed by atoms with Crippen LogP contribution in [0.2, 0.25) is 0 Å². The van der Waals surface area contributed by atoms with Gasteiger partial charge in [0, 0.05) is 23.6 Å². The molecule has 0 aliphatic heterocycles. The van der Waals surface area contributed by atoms with Crippen LogP contribution in [0.15, 0.2) is 59.6 Å². The van der Waals surface area contributed by atoms with Crippen molar-refractivity contribution in [2.75, 3.05) is 0 Å². The lowest BCUT2D eigenvalue weighted by Crippen LogP contribution is -2.23. The van der Waals surface area contributed by atoms with Gasteiger partial charge in [0.05, 0.1) is 4.90 Å². The van der Waals surface area contributed by atoms with Gasteiger partial charge in [0.15, 0.2) is 0 Å². The molecule has 0 unspecified atom stereocenters. The molecule has 108 valence electrons. The standard InChI is InChI=1S/C16H16N2O2S/c1-12-6-8-14(9-7-12)21(19,20)18-11-13-10-17-16-5-3-2-4-15(13)16/h2-10,17-18H,11H2,1H3. The van der Waals surface area contributed by atoms with Gasteiger partial charge in [-0.05, 0) is 30.7 Å². The zero-order chi connectivity index (χ0) is 14.9. The number of rotatable bonds is 4. The molecule has 0 fully saturated rings. The second-order valence-electron chi connectivity index (χ2n) is 5.00. The predicted octanol–water partition coefficient (Wildman–Crippen LogP) is 2.95. The van der Waals surface area contributed by atoms with E-state index in [1.807, 2.05) is 37.4 Å². The van der Waals surface area contributed by atoms with Crippen LogP contribution in [-0.4, -0.2) is 13.4 Å². The Morgan fingerprint density at radius 2 is 1.76 bits per heavy atom. The molecule has 0 amide bonds. The van der Waals surface area contributed by atoms with Gasteiger partial charge in [0.1, 0.15) is 0 Å². The second-order valence-corrected chi connectivity index (χ2v) is 6.76. The molecule has 2 N–H and O–H groups in total. The second kappa shape index (κ2) is 5.35. The topological polar surface area (TPSA) is 62.0 Å². The van der Waals surface area contributed by atoms with E-state index in [1.165, 1.54) is 0 Å². The number of fused-ring (bicyclic) bond motifs is 1. The van der Waals surface area contributed by atoms with Gasteiger partial charge in [-0.25, -0.2) is 13.1 Å². The van der Waals surface area contributed by atoms with Crippen LogP contribution < -0.4 is 4.72 Å². The zero-order valence-corrected chi connectivity index (χ0v) is 12.4. The van der Waals surface area contributed by atoms with E-state index < -0.39 is 10.0 Å². The molecule has 3 rings (SSSR count). The molecular weight excluding hydrogens is 284 g/mol. The highest BCUT2D eigenvalue weighted by atomic mass is 32.2. The van der Waals surface area contributed by atoms with Crippen molar-refractivity contribution in [3.8, 4) is 0 Å². The summed E-state index contributed by atoms with van der Waals surface area (Å²) in [7, 11) is -3.49. The molecule has 21 heavy (non-hydrogen) atoms. The third-order valence-corrected chi connectivity index (χ3v) is 4.88. The highest BCUT2D eigenvalue weighted by Gasteiger charge is 2.14. The summed E-state index contributed by atoms with van der Waals surface area (Å²) >= 11 is 0. The largest absolute Gasteiger partial charge is 0.361 e. The molecule has 0 spiro atoms. The fraction of sp³-hybridized carbons (Fsp3) is 0.125. The normalized spacial score (nSPS) is 11.9. The summed E-state index contributed by atoms with van der Waals surface area (Å²) in [6.07, 6.45) is 1.84. The number of aryl methyl sites for hydroxylation is 1. The number of hydrogen-bond acceptors (Lipinski definition) is 2. The van der Waals surface area contributed by atoms with E-state index >= 15 is 0 Å². The Morgan fingerprint density at radius 1 is 1.05 bits per heavy atom. The van der Waals surface area contributed by atoms with Crippen LogP contribution in [0.3, 0.4) is 0 Å². The number of benzene rings is 2. The molecule has 3 aromatic rings. The minimum atomic E-state index is -3.49. The Balaban J connectivity index is 1.82. The highest BCUT2D eigenvalue weighted by Crippen LogP contribution is 2.18. The molecule has 2 aromatic carbocycles. The fourth-order valence-corrected chi connectivity index (χ4v) is 3.26. The first-order chi connectivity index (χ1) is 10.1. The van der Waals surface area contributed by atoms with E-state index in [-0.39, 0.29) is 11.4 Å². The van der Waals surface area contributed by atoms with Gasteiger partial charge >= 0.3 is 0 Å². The van der Waals surface area contributed by atoms with Crippen LogP contribution in [0.1, 0.15) is 11.1 Å². The summed E-state index contributed by atoms with van der Waals surface area (Å²) < 4.78 is 27.1. The average Bonchev–Trinajstić information content (AvgIpc) is 2.89. The van der Waals surface area contributed by atoms with E-state index in [2.05, 4.69) is 9.71 Å². The number of sulfonamides is 1. The number of hydrogen-bond donors (Lipinski definition) is 2. The Labute approximate surface area is 123 Å². The smallest absolute Gasteiger partial charge is 0.240 e.